The van der Waals surface area contributed by atoms with E-state index in [1.165, 1.54) is 0 Å². The highest BCUT2D eigenvalue weighted by Crippen LogP contribution is 2.48. The minimum atomic E-state index is -0.433. The van der Waals surface area contributed by atoms with E-state index in [1.807, 2.05) is 54.2 Å². The molecule has 0 saturated carbocycles. The van der Waals surface area contributed by atoms with Crippen molar-refractivity contribution in [2.75, 3.05) is 10.2 Å². The summed E-state index contributed by atoms with van der Waals surface area (Å²) in [4.78, 5) is 27.8. The molecule has 1 aliphatic carbocycles. The first-order valence-electron chi connectivity index (χ1n) is 9.32. The predicted molar refractivity (Wildman–Crippen MR) is 106 cm³/mol. The van der Waals surface area contributed by atoms with Gasteiger partial charge in [0.25, 0.3) is 0 Å². The maximum atomic E-state index is 13.3. The molecule has 1 amide bonds. The zero-order valence-electron chi connectivity index (χ0n) is 16.2. The summed E-state index contributed by atoms with van der Waals surface area (Å²) in [6.45, 7) is 5.80. The third-order valence-corrected chi connectivity index (χ3v) is 5.50. The molecular weight excluding hydrogens is 338 g/mol. The van der Waals surface area contributed by atoms with Gasteiger partial charge < -0.3 is 9.88 Å². The molecule has 1 aliphatic heterocycles. The molecule has 4 rings (SSSR count). The Labute approximate surface area is 159 Å². The summed E-state index contributed by atoms with van der Waals surface area (Å²) in [6, 6.07) is 11.3. The Bertz CT molecular complexity index is 967. The molecule has 2 aliphatic rings. The van der Waals surface area contributed by atoms with E-state index < -0.39 is 6.04 Å². The highest BCUT2D eigenvalue weighted by molar-refractivity contribution is 6.05. The normalized spacial score (nSPS) is 21.3. The molecule has 1 N–H and O–H groups in total. The quantitative estimate of drug-likeness (QED) is 0.827. The summed E-state index contributed by atoms with van der Waals surface area (Å²) < 4.78 is 1.99. The Morgan fingerprint density at radius 3 is 2.56 bits per heavy atom. The third-order valence-electron chi connectivity index (χ3n) is 5.50. The second-order valence-corrected chi connectivity index (χ2v) is 8.31. The molecule has 0 bridgehead atoms. The first-order chi connectivity index (χ1) is 12.8. The first-order valence-corrected chi connectivity index (χ1v) is 9.32. The van der Waals surface area contributed by atoms with Gasteiger partial charge in [-0.05, 0) is 36.1 Å². The molecule has 0 spiro atoms. The second kappa shape index (κ2) is 6.12. The Balaban J connectivity index is 2.02. The van der Waals surface area contributed by atoms with Crippen molar-refractivity contribution in [2.45, 2.75) is 39.7 Å². The molecule has 5 nitrogen and oxygen atoms in total. The average molecular weight is 363 g/mol. The van der Waals surface area contributed by atoms with Crippen LogP contribution in [0.1, 0.15) is 45.3 Å². The number of amides is 1. The average Bonchev–Trinajstić information content (AvgIpc) is 2.92. The lowest BCUT2D eigenvalue weighted by molar-refractivity contribution is -0.118. The number of hydrogen-bond donors (Lipinski definition) is 1. The molecule has 1 aromatic carbocycles. The summed E-state index contributed by atoms with van der Waals surface area (Å²) in [6.07, 6.45) is 3.21. The molecule has 0 radical (unpaired) electrons. The Hall–Kier alpha value is -2.82. The summed E-state index contributed by atoms with van der Waals surface area (Å²) >= 11 is 0. The van der Waals surface area contributed by atoms with Crippen molar-refractivity contribution in [1.29, 1.82) is 0 Å². The number of allylic oxidation sites excluding steroid dienone is 1. The molecule has 0 unspecified atom stereocenters. The minimum absolute atomic E-state index is 0.0816. The number of hydrogen-bond acceptors (Lipinski definition) is 3. The van der Waals surface area contributed by atoms with Crippen molar-refractivity contribution in [3.05, 3.63) is 59.6 Å². The van der Waals surface area contributed by atoms with Gasteiger partial charge in [-0.25, -0.2) is 0 Å². The van der Waals surface area contributed by atoms with Gasteiger partial charge in [-0.3, -0.25) is 14.5 Å². The lowest BCUT2D eigenvalue weighted by Gasteiger charge is -2.36. The topological polar surface area (TPSA) is 54.3 Å². The molecule has 140 valence electrons. The van der Waals surface area contributed by atoms with Gasteiger partial charge in [-0.15, -0.1) is 0 Å². The lowest BCUT2D eigenvalue weighted by Crippen LogP contribution is -2.39. The predicted octanol–water partition coefficient (Wildman–Crippen LogP) is 4.19. The molecule has 1 aromatic heterocycles. The minimum Gasteiger partial charge on any atom is -0.357 e. The SMILES string of the molecule is CC(=O)N1c2ccccc2NC2=C(C(=O)CC(C)(C)C2)[C@H]1c1cccn1C. The third kappa shape index (κ3) is 2.87. The van der Waals surface area contributed by atoms with Gasteiger partial charge >= 0.3 is 0 Å². The van der Waals surface area contributed by atoms with Gasteiger partial charge in [0, 0.05) is 43.6 Å². The fourth-order valence-corrected chi connectivity index (χ4v) is 4.37. The number of aryl methyl sites for hydroxylation is 1. The van der Waals surface area contributed by atoms with Crippen LogP contribution in [0.4, 0.5) is 11.4 Å². The molecule has 0 fully saturated rings. The Morgan fingerprint density at radius 2 is 1.89 bits per heavy atom. The molecule has 5 heteroatoms. The lowest BCUT2D eigenvalue weighted by atomic mass is 9.73. The van der Waals surface area contributed by atoms with Crippen molar-refractivity contribution in [1.82, 2.24) is 4.57 Å². The van der Waals surface area contributed by atoms with E-state index in [9.17, 15) is 9.59 Å². The van der Waals surface area contributed by atoms with Crippen molar-refractivity contribution in [3.63, 3.8) is 0 Å². The standard InChI is InChI=1S/C22H25N3O2/c1-14(26)25-17-9-6-5-8-15(17)23-16-12-22(2,3)13-19(27)20(16)21(25)18-10-7-11-24(18)4/h5-11,21,23H,12-13H2,1-4H3/t21-/m1/s1. The van der Waals surface area contributed by atoms with Crippen LogP contribution in [0.5, 0.6) is 0 Å². The van der Waals surface area contributed by atoms with Crippen LogP contribution in [0.15, 0.2) is 53.9 Å². The van der Waals surface area contributed by atoms with Crippen LogP contribution < -0.4 is 10.2 Å². The number of anilines is 2. The van der Waals surface area contributed by atoms with Gasteiger partial charge in [0.05, 0.1) is 11.4 Å². The summed E-state index contributed by atoms with van der Waals surface area (Å²) in [5.74, 6) is 0.0286. The van der Waals surface area contributed by atoms with Crippen LogP contribution in [-0.4, -0.2) is 16.3 Å². The van der Waals surface area contributed by atoms with Gasteiger partial charge in [0.2, 0.25) is 5.91 Å². The molecular formula is C22H25N3O2. The van der Waals surface area contributed by atoms with Gasteiger partial charge in [-0.2, -0.15) is 0 Å². The Morgan fingerprint density at radius 1 is 1.15 bits per heavy atom. The summed E-state index contributed by atoms with van der Waals surface area (Å²) in [5.41, 5.74) is 4.13. The molecule has 0 saturated heterocycles. The van der Waals surface area contributed by atoms with E-state index in [1.54, 1.807) is 11.8 Å². The van der Waals surface area contributed by atoms with Crippen molar-refractivity contribution >= 4 is 23.1 Å². The van der Waals surface area contributed by atoms with Crippen LogP contribution in [-0.2, 0) is 16.6 Å². The number of carbonyl (C=O) groups excluding carboxylic acids is 2. The van der Waals surface area contributed by atoms with E-state index in [0.717, 1.165) is 29.2 Å². The van der Waals surface area contributed by atoms with Gasteiger partial charge in [0.1, 0.15) is 6.04 Å². The molecule has 2 heterocycles. The number of benzene rings is 1. The van der Waals surface area contributed by atoms with Crippen LogP contribution >= 0.6 is 0 Å². The first kappa shape index (κ1) is 17.6. The number of nitrogens with zero attached hydrogens (tertiary/aromatic N) is 2. The number of aromatic nitrogens is 1. The van der Waals surface area contributed by atoms with E-state index in [0.29, 0.717) is 12.0 Å². The van der Waals surface area contributed by atoms with E-state index >= 15 is 0 Å². The maximum absolute atomic E-state index is 13.3. The molecule has 2 aromatic rings. The van der Waals surface area contributed by atoms with Crippen molar-refractivity contribution in [3.8, 4) is 0 Å². The summed E-state index contributed by atoms with van der Waals surface area (Å²) in [5, 5.41) is 3.50. The largest absolute Gasteiger partial charge is 0.357 e. The number of carbonyl (C=O) groups is 2. The van der Waals surface area contributed by atoms with E-state index in [4.69, 9.17) is 0 Å². The van der Waals surface area contributed by atoms with Crippen molar-refractivity contribution < 1.29 is 9.59 Å². The highest BCUT2D eigenvalue weighted by Gasteiger charge is 2.43. The smallest absolute Gasteiger partial charge is 0.224 e. The zero-order chi connectivity index (χ0) is 19.3. The number of rotatable bonds is 1. The number of nitrogens with one attached hydrogen (secondary N) is 1. The fourth-order valence-electron chi connectivity index (χ4n) is 4.37. The van der Waals surface area contributed by atoms with Crippen LogP contribution in [0.25, 0.3) is 0 Å². The van der Waals surface area contributed by atoms with Crippen LogP contribution in [0.3, 0.4) is 0 Å². The zero-order valence-corrected chi connectivity index (χ0v) is 16.2. The molecule has 1 atom stereocenters. The van der Waals surface area contributed by atoms with Crippen molar-refractivity contribution in [2.24, 2.45) is 12.5 Å². The number of ketones is 1. The van der Waals surface area contributed by atoms with E-state index in [-0.39, 0.29) is 17.1 Å². The van der Waals surface area contributed by atoms with Crippen LogP contribution in [0.2, 0.25) is 0 Å². The highest BCUT2D eigenvalue weighted by atomic mass is 16.2. The van der Waals surface area contributed by atoms with Gasteiger partial charge in [0.15, 0.2) is 5.78 Å². The molecule has 27 heavy (non-hydrogen) atoms. The van der Waals surface area contributed by atoms with E-state index in [2.05, 4.69) is 19.2 Å². The summed E-state index contributed by atoms with van der Waals surface area (Å²) in [7, 11) is 1.95. The second-order valence-electron chi connectivity index (χ2n) is 8.31. The van der Waals surface area contributed by atoms with Crippen LogP contribution in [0, 0.1) is 5.41 Å². The number of para-hydroxylation sites is 2. The monoisotopic (exact) mass is 363 g/mol. The fraction of sp³-hybridized carbons (Fsp3) is 0.364. The maximum Gasteiger partial charge on any atom is 0.224 e. The number of fused-ring (bicyclic) bond motifs is 1. The Kier molecular flexibility index (Phi) is 3.98. The number of Topliss-reactive ketones (excluding diaryl/α,β-unsaturated/α-hetero) is 1. The van der Waals surface area contributed by atoms with Gasteiger partial charge in [-0.1, -0.05) is 26.0 Å².